The molecule has 0 heterocycles. The van der Waals surface area contributed by atoms with E-state index in [0.29, 0.717) is 17.4 Å². The van der Waals surface area contributed by atoms with Gasteiger partial charge in [0.15, 0.2) is 0 Å². The molecule has 78 valence electrons. The third-order valence-corrected chi connectivity index (χ3v) is 1.79. The fraction of sp³-hybridized carbons (Fsp3) is 0.556. The predicted molar refractivity (Wildman–Crippen MR) is 58.9 cm³/mol. The number of amides is 1. The number of oxime groups is 1. The Bertz CT molecular complexity index is 256. The van der Waals surface area contributed by atoms with Crippen molar-refractivity contribution < 1.29 is 9.63 Å². The SMILES string of the molecule is C#CSC(CC(C)C)=NOC(=O)NC. The fourth-order valence-corrected chi connectivity index (χ4v) is 1.28. The topological polar surface area (TPSA) is 50.7 Å². The summed E-state index contributed by atoms with van der Waals surface area (Å²) in [7, 11) is 1.47. The number of hydrogen-bond acceptors (Lipinski definition) is 4. The zero-order valence-electron chi connectivity index (χ0n) is 8.53. The molecule has 0 aromatic rings. The molecule has 14 heavy (non-hydrogen) atoms. The standard InChI is InChI=1S/C9H14N2O2S/c1-5-14-8(6-7(2)3)11-13-9(12)10-4/h1,7H,6H2,2-4H3,(H,10,12). The second-order valence-corrected chi connectivity index (χ2v) is 3.84. The van der Waals surface area contributed by atoms with Gasteiger partial charge >= 0.3 is 6.09 Å². The molecule has 0 spiro atoms. The molecule has 0 aliphatic heterocycles. The van der Waals surface area contributed by atoms with E-state index in [2.05, 4.69) is 20.6 Å². The molecule has 0 aromatic carbocycles. The molecule has 0 saturated heterocycles. The molecule has 4 nitrogen and oxygen atoms in total. The molecule has 0 fully saturated rings. The molecule has 1 N–H and O–H groups in total. The molecule has 0 rings (SSSR count). The first kappa shape index (κ1) is 12.8. The maximum atomic E-state index is 10.7. The molecule has 0 radical (unpaired) electrons. The summed E-state index contributed by atoms with van der Waals surface area (Å²) in [5, 5.41) is 8.96. The van der Waals surface area contributed by atoms with E-state index in [1.807, 2.05) is 13.8 Å². The Morgan fingerprint density at radius 1 is 1.71 bits per heavy atom. The number of terminal acetylenes is 1. The van der Waals surface area contributed by atoms with Crippen LogP contribution in [0.3, 0.4) is 0 Å². The van der Waals surface area contributed by atoms with Crippen LogP contribution in [0.25, 0.3) is 0 Å². The van der Waals surface area contributed by atoms with Gasteiger partial charge in [-0.05, 0) is 22.9 Å². The van der Waals surface area contributed by atoms with Crippen molar-refractivity contribution in [2.45, 2.75) is 20.3 Å². The van der Waals surface area contributed by atoms with Crippen LogP contribution in [0.4, 0.5) is 4.79 Å². The Morgan fingerprint density at radius 3 is 2.79 bits per heavy atom. The van der Waals surface area contributed by atoms with Gasteiger partial charge in [-0.15, -0.1) is 6.42 Å². The Labute approximate surface area is 88.5 Å². The molecule has 0 saturated carbocycles. The average Bonchev–Trinajstić information content (AvgIpc) is 2.13. The van der Waals surface area contributed by atoms with E-state index >= 15 is 0 Å². The van der Waals surface area contributed by atoms with E-state index in [9.17, 15) is 4.79 Å². The van der Waals surface area contributed by atoms with E-state index in [0.717, 1.165) is 11.8 Å². The lowest BCUT2D eigenvalue weighted by Crippen LogP contribution is -2.17. The highest BCUT2D eigenvalue weighted by atomic mass is 32.2. The van der Waals surface area contributed by atoms with Crippen LogP contribution in [0.15, 0.2) is 5.16 Å². The molecule has 1 amide bonds. The second-order valence-electron chi connectivity index (χ2n) is 2.93. The Kier molecular flexibility index (Phi) is 6.68. The number of thioether (sulfide) groups is 1. The average molecular weight is 214 g/mol. The monoisotopic (exact) mass is 214 g/mol. The van der Waals surface area contributed by atoms with Crippen molar-refractivity contribution in [2.24, 2.45) is 11.1 Å². The Morgan fingerprint density at radius 2 is 2.36 bits per heavy atom. The summed E-state index contributed by atoms with van der Waals surface area (Å²) >= 11 is 1.13. The van der Waals surface area contributed by atoms with Gasteiger partial charge in [-0.1, -0.05) is 19.0 Å². The summed E-state index contributed by atoms with van der Waals surface area (Å²) in [6.45, 7) is 4.07. The molecule has 0 aliphatic carbocycles. The van der Waals surface area contributed by atoms with Crippen molar-refractivity contribution in [1.29, 1.82) is 0 Å². The van der Waals surface area contributed by atoms with E-state index in [-0.39, 0.29) is 0 Å². The summed E-state index contributed by atoms with van der Waals surface area (Å²) in [6, 6.07) is 0. The van der Waals surface area contributed by atoms with Gasteiger partial charge in [0, 0.05) is 13.5 Å². The second kappa shape index (κ2) is 7.27. The maximum absolute atomic E-state index is 10.7. The van der Waals surface area contributed by atoms with Crippen molar-refractivity contribution in [1.82, 2.24) is 5.32 Å². The fourth-order valence-electron chi connectivity index (χ4n) is 0.653. The number of rotatable bonds is 3. The van der Waals surface area contributed by atoms with Crippen LogP contribution < -0.4 is 5.32 Å². The molecule has 0 unspecified atom stereocenters. The minimum absolute atomic E-state index is 0.419. The highest BCUT2D eigenvalue weighted by molar-refractivity contribution is 8.17. The first-order valence-electron chi connectivity index (χ1n) is 4.18. The van der Waals surface area contributed by atoms with Gasteiger partial charge in [0.05, 0.1) is 0 Å². The first-order valence-corrected chi connectivity index (χ1v) is 4.99. The van der Waals surface area contributed by atoms with E-state index < -0.39 is 6.09 Å². The van der Waals surface area contributed by atoms with E-state index in [1.165, 1.54) is 7.05 Å². The van der Waals surface area contributed by atoms with E-state index in [1.54, 1.807) is 0 Å². The van der Waals surface area contributed by atoms with Crippen molar-refractivity contribution in [3.05, 3.63) is 0 Å². The van der Waals surface area contributed by atoms with Gasteiger partial charge < -0.3 is 5.32 Å². The highest BCUT2D eigenvalue weighted by Crippen LogP contribution is 2.12. The third kappa shape index (κ3) is 6.38. The maximum Gasteiger partial charge on any atom is 0.433 e. The van der Waals surface area contributed by atoms with Crippen molar-refractivity contribution >= 4 is 22.9 Å². The van der Waals surface area contributed by atoms with Crippen molar-refractivity contribution in [3.63, 3.8) is 0 Å². The molecule has 0 atom stereocenters. The summed E-state index contributed by atoms with van der Waals surface area (Å²) in [4.78, 5) is 15.2. The minimum atomic E-state index is -0.594. The normalized spacial score (nSPS) is 10.9. The number of carbonyl (C=O) groups is 1. The molecular weight excluding hydrogens is 200 g/mol. The van der Waals surface area contributed by atoms with Gasteiger partial charge in [-0.2, -0.15) is 0 Å². The number of hydrogen-bond donors (Lipinski definition) is 1. The zero-order valence-corrected chi connectivity index (χ0v) is 9.35. The van der Waals surface area contributed by atoms with Crippen LogP contribution in [0, 0.1) is 17.6 Å². The quantitative estimate of drug-likeness (QED) is 0.257. The minimum Gasteiger partial charge on any atom is -0.323 e. The molecule has 0 aliphatic rings. The first-order chi connectivity index (χ1) is 6.60. The predicted octanol–water partition coefficient (Wildman–Crippen LogP) is 2.03. The van der Waals surface area contributed by atoms with Gasteiger partial charge in [0.1, 0.15) is 5.04 Å². The van der Waals surface area contributed by atoms with E-state index in [4.69, 9.17) is 6.42 Å². The van der Waals surface area contributed by atoms with Crippen molar-refractivity contribution in [2.75, 3.05) is 7.05 Å². The van der Waals surface area contributed by atoms with Crippen molar-refractivity contribution in [3.8, 4) is 11.7 Å². The van der Waals surface area contributed by atoms with Crippen LogP contribution >= 0.6 is 11.8 Å². The largest absolute Gasteiger partial charge is 0.433 e. The molecule has 0 bridgehead atoms. The number of nitrogens with one attached hydrogen (secondary N) is 1. The van der Waals surface area contributed by atoms with Crippen LogP contribution in [-0.4, -0.2) is 18.2 Å². The van der Waals surface area contributed by atoms with Gasteiger partial charge in [-0.3, -0.25) is 4.84 Å². The zero-order chi connectivity index (χ0) is 11.0. The molecular formula is C9H14N2O2S. The van der Waals surface area contributed by atoms with Gasteiger partial charge in [0.25, 0.3) is 0 Å². The van der Waals surface area contributed by atoms with Crippen LogP contribution in [0.1, 0.15) is 20.3 Å². The number of carbonyl (C=O) groups excluding carboxylic acids is 1. The van der Waals surface area contributed by atoms with Crippen LogP contribution in [-0.2, 0) is 4.84 Å². The lowest BCUT2D eigenvalue weighted by atomic mass is 10.1. The van der Waals surface area contributed by atoms with Crippen LogP contribution in [0.2, 0.25) is 0 Å². The summed E-state index contributed by atoms with van der Waals surface area (Å²) in [6.07, 6.45) is 5.23. The lowest BCUT2D eigenvalue weighted by molar-refractivity contribution is 0.153. The smallest absolute Gasteiger partial charge is 0.323 e. The third-order valence-electron chi connectivity index (χ3n) is 1.19. The van der Waals surface area contributed by atoms with Crippen LogP contribution in [0.5, 0.6) is 0 Å². The lowest BCUT2D eigenvalue weighted by Gasteiger charge is -2.04. The highest BCUT2D eigenvalue weighted by Gasteiger charge is 2.05. The summed E-state index contributed by atoms with van der Waals surface area (Å²) in [5.74, 6) is 0.419. The van der Waals surface area contributed by atoms with Gasteiger partial charge in [0.2, 0.25) is 0 Å². The molecule has 5 heteroatoms. The Balaban J connectivity index is 4.19. The number of nitrogens with zero attached hydrogens (tertiary/aromatic N) is 1. The summed E-state index contributed by atoms with van der Waals surface area (Å²) in [5.41, 5.74) is 0. The van der Waals surface area contributed by atoms with Gasteiger partial charge in [-0.25, -0.2) is 4.79 Å². The Hall–Kier alpha value is -1.15. The molecule has 0 aromatic heterocycles. The summed E-state index contributed by atoms with van der Waals surface area (Å²) < 4.78 is 0.